The van der Waals surface area contributed by atoms with Crippen LogP contribution < -0.4 is 58.5 Å². The third kappa shape index (κ3) is 41.9. The van der Waals surface area contributed by atoms with E-state index in [0.29, 0.717) is 123 Å². The molecule has 14 heterocycles. The van der Waals surface area contributed by atoms with E-state index in [9.17, 15) is 48.2 Å². The number of anilines is 4. The number of hydrogen-bond donors (Lipinski definition) is 6. The van der Waals surface area contributed by atoms with Crippen molar-refractivity contribution in [3.05, 3.63) is 290 Å². The highest BCUT2D eigenvalue weighted by atomic mass is 19.1. The van der Waals surface area contributed by atoms with Crippen LogP contribution in [0.15, 0.2) is 212 Å². The number of aromatic nitrogens is 10. The van der Waals surface area contributed by atoms with Crippen molar-refractivity contribution in [1.29, 1.82) is 0 Å². The Morgan fingerprint density at radius 3 is 1.44 bits per heavy atom. The molecule has 0 spiro atoms. The molecule has 2 aliphatic carbocycles. The van der Waals surface area contributed by atoms with E-state index >= 15 is 0 Å². The standard InChI is InChI=1S/C15H23NO2.C14H15FN2O.C14H21NO2.C13H20N2O2.2C13H19NO2.C12H16N2O2.C12H18N2O.C11H18N2O3.CH4/c1-12(2)10-13-6-5-8-16(15(13)17)11-14-7-3-4-9-18-14;1-10(2)9-11-7-8-16-17(14(11)18)13-5-3-12(15)4-6-13;1-11(2)9-12-5-3-7-15(14(12)16)13-6-4-8-17-10-13;1-10(2)14-12-4-3-7-15(13(12)16)8-9-17-11-5-6-11;1-9(2)8-10-4-3-7-14(13(10)16)11-5-6-12(11)15;1-10(2)8-11-4-3-6-14(13(11)15)12-5-7-16-9-12;1-9(2)8-10-4-3-5-11(13-10)14-6-7-16-12(14)15;1-9(2)6-10-4-3-5-12(13-10)14-7-11(15)8-14;1-8(2)13-10-4-3-5-12-11(10)16-9(6-14)7-15;/h5-6,8,12,14H,3-4,7,9-11H2,1-2H3;3-8,10H,9H2,1-2H3;3,5,7,11,13H,4,6,8-10H2,1-2H3;3-4,7,10-11,14H,5-6,8-9H2,1-2H3;3-4,7,9,11-12,15H,5-6,8H2,1-2H3;3-4,6,10,12H,5,7-9H2,1-2H3;3-5,9H,6-8H2,1-2H3;3-5,9,11,15H,6-8H2,1-2H3;3-5,8-9,13-15H,6-7H2,1-2H3;1H4/t;;;;11-,12+;;;;;/m....0...../s1. The molecule has 0 bridgehead atoms. The molecule has 3 unspecified atom stereocenters. The maximum atomic E-state index is 12.8. The number of β-amino-alcohol motifs (C(OH)–C–C–N with tert-alkyl or cyclic N) is 1. The van der Waals surface area contributed by atoms with Gasteiger partial charge in [-0.2, -0.15) is 9.78 Å². The lowest BCUT2D eigenvalue weighted by Gasteiger charge is -2.37. The highest BCUT2D eigenvalue weighted by Gasteiger charge is 2.33. The molecule has 17 rings (SSSR count). The number of halogens is 1. The fourth-order valence-corrected chi connectivity index (χ4v) is 17.5. The highest BCUT2D eigenvalue weighted by molar-refractivity contribution is 5.88. The number of cyclic esters (lactones) is 1. The number of nitrogens with zero attached hydrogens (tertiary/aromatic N) is 12. The quantitative estimate of drug-likeness (QED) is 0.0218. The second kappa shape index (κ2) is 64.3. The van der Waals surface area contributed by atoms with E-state index in [4.69, 9.17) is 38.6 Å². The minimum absolute atomic E-state index is 0. The van der Waals surface area contributed by atoms with Crippen LogP contribution in [0.25, 0.3) is 5.69 Å². The monoisotopic (exact) mass is 2080 g/mol. The summed E-state index contributed by atoms with van der Waals surface area (Å²) < 4.78 is 55.4. The largest absolute Gasteiger partial charge is 0.468 e. The zero-order valence-electron chi connectivity index (χ0n) is 91.4. The molecule has 824 valence electrons. The van der Waals surface area contributed by atoms with E-state index < -0.39 is 6.10 Å². The third-order valence-electron chi connectivity index (χ3n) is 25.1. The third-order valence-corrected chi connectivity index (χ3v) is 25.1. The average molecular weight is 2080 g/mol. The Kier molecular flexibility index (Phi) is 53.0. The van der Waals surface area contributed by atoms with Gasteiger partial charge in [0.25, 0.3) is 33.4 Å². The molecule has 5 atom stereocenters. The molecule has 7 fully saturated rings. The van der Waals surface area contributed by atoms with Crippen LogP contribution in [0.3, 0.4) is 0 Å². The average Bonchev–Trinajstić information content (AvgIpc) is 1.68. The van der Waals surface area contributed by atoms with Crippen molar-refractivity contribution in [2.24, 2.45) is 41.4 Å². The van der Waals surface area contributed by atoms with Crippen molar-refractivity contribution in [2.75, 3.05) is 99.5 Å². The Bertz CT molecular complexity index is 5940. The summed E-state index contributed by atoms with van der Waals surface area (Å²) in [4.78, 5) is 101. The summed E-state index contributed by atoms with van der Waals surface area (Å²) in [5, 5.41) is 47.0. The van der Waals surface area contributed by atoms with Crippen LogP contribution in [0.1, 0.15) is 254 Å². The van der Waals surface area contributed by atoms with E-state index in [1.807, 2.05) is 163 Å². The number of pyridine rings is 8. The van der Waals surface area contributed by atoms with Gasteiger partial charge in [-0.25, -0.2) is 24.1 Å². The Balaban J connectivity index is 0.000000205. The number of carbonyl (C=O) groups excluding carboxylic acids is 1. The van der Waals surface area contributed by atoms with Gasteiger partial charge in [0.2, 0.25) is 5.88 Å². The topological polar surface area (TPSA) is 367 Å². The fraction of sp³-hybridized carbons (Fsp3) is 0.568. The molecule has 2 saturated carbocycles. The first kappa shape index (κ1) is 124. The molecular formula is C118H173FN14O17. The first-order valence-electron chi connectivity index (χ1n) is 53.9. The second-order valence-electron chi connectivity index (χ2n) is 42.9. The minimum atomic E-state index is -0.636. The number of aliphatic hydroxyl groups is 4. The summed E-state index contributed by atoms with van der Waals surface area (Å²) in [5.41, 5.74) is 8.94. The smallest absolute Gasteiger partial charge is 0.415 e. The van der Waals surface area contributed by atoms with Gasteiger partial charge in [0, 0.05) is 134 Å². The Hall–Kier alpha value is -11.6. The Labute approximate surface area is 887 Å². The van der Waals surface area contributed by atoms with E-state index in [-0.39, 0.29) is 114 Å². The first-order valence-corrected chi connectivity index (χ1v) is 53.9. The van der Waals surface area contributed by atoms with Gasteiger partial charge in [0.05, 0.1) is 100 Å². The number of rotatable bonds is 34. The molecule has 32 heteroatoms. The van der Waals surface area contributed by atoms with Gasteiger partial charge in [-0.15, -0.1) is 0 Å². The van der Waals surface area contributed by atoms with Gasteiger partial charge in [0.15, 0.2) is 0 Å². The number of carbonyl (C=O) groups is 1. The van der Waals surface area contributed by atoms with Gasteiger partial charge in [0.1, 0.15) is 35.9 Å². The van der Waals surface area contributed by atoms with Crippen LogP contribution in [-0.2, 0) is 81.7 Å². The van der Waals surface area contributed by atoms with Crippen LogP contribution >= 0.6 is 0 Å². The van der Waals surface area contributed by atoms with Crippen molar-refractivity contribution >= 4 is 29.1 Å². The molecule has 0 radical (unpaired) electrons. The number of benzene rings is 1. The fourth-order valence-electron chi connectivity index (χ4n) is 17.5. The number of aliphatic hydroxyl groups excluding tert-OH is 4. The molecule has 1 amide bonds. The predicted molar refractivity (Wildman–Crippen MR) is 596 cm³/mol. The summed E-state index contributed by atoms with van der Waals surface area (Å²) in [5.74, 6) is 5.39. The number of nitrogens with one attached hydrogen (secondary N) is 2. The molecule has 31 nitrogen and oxygen atoms in total. The lowest BCUT2D eigenvalue weighted by Crippen LogP contribution is -2.51. The lowest BCUT2D eigenvalue weighted by atomic mass is 9.88. The molecule has 9 aromatic heterocycles. The number of ether oxygens (including phenoxy) is 6. The predicted octanol–water partition coefficient (Wildman–Crippen LogP) is 18.2. The number of hydrogen-bond acceptors (Lipinski definition) is 24. The SMILES string of the molecule is C.CC(C)Cc1cccc(N2CC(O)C2)n1.CC(C)Cc1cccc(N2CCOC2=O)n1.CC(C)Cc1cccn(C2CCCOC2)c1=O.CC(C)Cc1cccn(C2CCOC2)c1=O.CC(C)Cc1cccn(CC2CCCCO2)c1=O.CC(C)Cc1cccn([C@H]2CC[C@H]2O)c1=O.CC(C)Cc1ccnn(-c2ccc(F)cc2)c1=O.CC(C)Nc1cccn(CCOC2CC2)c1=O.CC(C)Nc1cccnc1OC(CO)CO. The molecule has 7 aliphatic rings. The van der Waals surface area contributed by atoms with Crippen molar-refractivity contribution in [2.45, 2.75) is 315 Å². The van der Waals surface area contributed by atoms with Crippen LogP contribution in [-0.4, -0.2) is 196 Å². The van der Waals surface area contributed by atoms with Crippen molar-refractivity contribution in [3.8, 4) is 11.6 Å². The van der Waals surface area contributed by atoms with Gasteiger partial charge in [-0.3, -0.25) is 33.7 Å². The summed E-state index contributed by atoms with van der Waals surface area (Å²) in [7, 11) is 0. The lowest BCUT2D eigenvalue weighted by molar-refractivity contribution is 0.00538. The summed E-state index contributed by atoms with van der Waals surface area (Å²) >= 11 is 0. The van der Waals surface area contributed by atoms with Crippen LogP contribution in [0, 0.1) is 47.2 Å². The molecule has 1 aromatic carbocycles. The second-order valence-corrected chi connectivity index (χ2v) is 42.9. The van der Waals surface area contributed by atoms with Crippen molar-refractivity contribution in [3.63, 3.8) is 0 Å². The minimum Gasteiger partial charge on any atom is -0.468 e. The van der Waals surface area contributed by atoms with Gasteiger partial charge in [-0.05, 0) is 281 Å². The molecule has 5 saturated heterocycles. The van der Waals surface area contributed by atoms with Gasteiger partial charge < -0.3 is 87.2 Å². The van der Waals surface area contributed by atoms with E-state index in [1.54, 1.807) is 56.9 Å². The van der Waals surface area contributed by atoms with Gasteiger partial charge >= 0.3 is 6.09 Å². The van der Waals surface area contributed by atoms with E-state index in [0.717, 1.165) is 167 Å². The Morgan fingerprint density at radius 1 is 0.453 bits per heavy atom. The summed E-state index contributed by atoms with van der Waals surface area (Å²) in [6, 6.07) is 43.2. The molecule has 150 heavy (non-hydrogen) atoms. The highest BCUT2D eigenvalue weighted by Crippen LogP contribution is 2.32. The van der Waals surface area contributed by atoms with E-state index in [1.165, 1.54) is 36.1 Å². The molecule has 6 N–H and O–H groups in total. The number of amides is 1. The molecular weight excluding hydrogens is 1900 g/mol. The Morgan fingerprint density at radius 2 is 0.953 bits per heavy atom. The zero-order valence-corrected chi connectivity index (χ0v) is 91.4. The molecule has 10 aromatic rings. The van der Waals surface area contributed by atoms with E-state index in [2.05, 4.69) is 139 Å². The van der Waals surface area contributed by atoms with Crippen LogP contribution in [0.5, 0.6) is 5.88 Å². The summed E-state index contributed by atoms with van der Waals surface area (Å²) in [6.07, 6.45) is 28.2. The maximum absolute atomic E-state index is 12.8. The molecule has 5 aliphatic heterocycles. The van der Waals surface area contributed by atoms with Crippen LogP contribution in [0.2, 0.25) is 0 Å². The normalized spacial score (nSPS) is 17.2. The van der Waals surface area contributed by atoms with Crippen molar-refractivity contribution < 1.29 is 58.0 Å². The van der Waals surface area contributed by atoms with Crippen molar-refractivity contribution in [1.82, 2.24) is 47.6 Å². The summed E-state index contributed by atoms with van der Waals surface area (Å²) in [6.45, 7) is 45.6. The first-order chi connectivity index (χ1) is 71.3. The van der Waals surface area contributed by atoms with Crippen LogP contribution in [0.4, 0.5) is 32.2 Å². The van der Waals surface area contributed by atoms with Gasteiger partial charge in [-0.1, -0.05) is 141 Å². The zero-order chi connectivity index (χ0) is 108. The maximum Gasteiger partial charge on any atom is 0.415 e.